The molecule has 1 aliphatic heterocycles. The fourth-order valence-electron chi connectivity index (χ4n) is 4.26. The maximum Gasteiger partial charge on any atom is 0.228 e. The van der Waals surface area contributed by atoms with Crippen molar-refractivity contribution in [2.75, 3.05) is 36.8 Å². The lowest BCUT2D eigenvalue weighted by Gasteiger charge is -2.36. The summed E-state index contributed by atoms with van der Waals surface area (Å²) < 4.78 is 43.6. The van der Waals surface area contributed by atoms with Crippen LogP contribution in [0.3, 0.4) is 0 Å². The molecule has 176 valence electrons. The fourth-order valence-corrected chi connectivity index (χ4v) is 4.26. The Labute approximate surface area is 194 Å². The summed E-state index contributed by atoms with van der Waals surface area (Å²) in [6.45, 7) is 7.42. The highest BCUT2D eigenvalue weighted by Gasteiger charge is 2.25. The van der Waals surface area contributed by atoms with E-state index in [0.717, 1.165) is 36.0 Å². The molecule has 0 radical (unpaired) electrons. The molecule has 3 heterocycles. The quantitative estimate of drug-likeness (QED) is 0.489. The van der Waals surface area contributed by atoms with E-state index >= 15 is 0 Å². The second kappa shape index (κ2) is 8.60. The number of aromatic nitrogens is 4. The van der Waals surface area contributed by atoms with Crippen LogP contribution in [0, 0.1) is 17.5 Å². The van der Waals surface area contributed by atoms with Crippen LogP contribution in [-0.4, -0.2) is 56.9 Å². The Bertz CT molecular complexity index is 1360. The number of hydrogen-bond donors (Lipinski definition) is 1. The van der Waals surface area contributed by atoms with E-state index in [-0.39, 0.29) is 17.2 Å². The zero-order chi connectivity index (χ0) is 24.0. The number of rotatable bonds is 4. The van der Waals surface area contributed by atoms with Crippen molar-refractivity contribution in [1.29, 1.82) is 0 Å². The van der Waals surface area contributed by atoms with Crippen LogP contribution >= 0.6 is 0 Å². The lowest BCUT2D eigenvalue weighted by atomic mass is 10.1. The molecule has 5 rings (SSSR count). The molecule has 1 aliphatic rings. The van der Waals surface area contributed by atoms with E-state index < -0.39 is 17.5 Å². The Morgan fingerprint density at radius 2 is 1.65 bits per heavy atom. The summed E-state index contributed by atoms with van der Waals surface area (Å²) in [5.41, 5.74) is 7.30. The minimum absolute atomic E-state index is 0.0370. The molecular formula is C24H24F3N7. The Morgan fingerprint density at radius 1 is 0.912 bits per heavy atom. The van der Waals surface area contributed by atoms with Crippen LogP contribution in [0.25, 0.3) is 28.0 Å². The molecule has 2 aromatic carbocycles. The molecule has 4 aromatic rings. The summed E-state index contributed by atoms with van der Waals surface area (Å²) >= 11 is 0. The van der Waals surface area contributed by atoms with Gasteiger partial charge in [-0.3, -0.25) is 4.90 Å². The minimum atomic E-state index is -0.689. The number of piperazine rings is 1. The van der Waals surface area contributed by atoms with Gasteiger partial charge in [0, 0.05) is 43.9 Å². The smallest absolute Gasteiger partial charge is 0.228 e. The maximum absolute atomic E-state index is 14.5. The van der Waals surface area contributed by atoms with Gasteiger partial charge in [0.2, 0.25) is 5.95 Å². The highest BCUT2D eigenvalue weighted by Crippen LogP contribution is 2.34. The van der Waals surface area contributed by atoms with Gasteiger partial charge in [-0.05, 0) is 38.1 Å². The predicted molar refractivity (Wildman–Crippen MR) is 125 cm³/mol. The average Bonchev–Trinajstić information content (AvgIpc) is 3.16. The van der Waals surface area contributed by atoms with Gasteiger partial charge in [0.15, 0.2) is 5.65 Å². The van der Waals surface area contributed by atoms with Crippen molar-refractivity contribution < 1.29 is 13.2 Å². The first-order chi connectivity index (χ1) is 16.3. The molecular weight excluding hydrogens is 443 g/mol. The van der Waals surface area contributed by atoms with Crippen LogP contribution in [0.1, 0.15) is 13.8 Å². The van der Waals surface area contributed by atoms with E-state index in [9.17, 15) is 13.2 Å². The number of nitrogen functional groups attached to an aromatic ring is 1. The van der Waals surface area contributed by atoms with Gasteiger partial charge in [0.05, 0.1) is 11.1 Å². The first kappa shape index (κ1) is 22.1. The number of hydrogen-bond acceptors (Lipinski definition) is 6. The second-order valence-corrected chi connectivity index (χ2v) is 8.59. The van der Waals surface area contributed by atoms with Crippen LogP contribution < -0.4 is 10.6 Å². The second-order valence-electron chi connectivity index (χ2n) is 8.59. The van der Waals surface area contributed by atoms with Crippen molar-refractivity contribution in [2.24, 2.45) is 0 Å². The molecule has 0 spiro atoms. The van der Waals surface area contributed by atoms with Gasteiger partial charge in [-0.25, -0.2) is 22.8 Å². The molecule has 0 atom stereocenters. The highest BCUT2D eigenvalue weighted by atomic mass is 19.1. The Kier molecular flexibility index (Phi) is 5.60. The van der Waals surface area contributed by atoms with Gasteiger partial charge < -0.3 is 10.6 Å². The molecule has 10 heteroatoms. The number of halogens is 3. The number of nitrogens with zero attached hydrogens (tertiary/aromatic N) is 6. The third kappa shape index (κ3) is 3.94. The first-order valence-corrected chi connectivity index (χ1v) is 11.1. The maximum atomic E-state index is 14.5. The van der Waals surface area contributed by atoms with Crippen molar-refractivity contribution in [3.8, 4) is 16.9 Å². The summed E-state index contributed by atoms with van der Waals surface area (Å²) in [5.74, 6) is -1.28. The van der Waals surface area contributed by atoms with E-state index in [1.807, 2.05) is 4.90 Å². The van der Waals surface area contributed by atoms with Gasteiger partial charge in [-0.15, -0.1) is 5.10 Å². The number of anilines is 2. The van der Waals surface area contributed by atoms with Crippen molar-refractivity contribution in [2.45, 2.75) is 19.9 Å². The van der Waals surface area contributed by atoms with Crippen LogP contribution in [-0.2, 0) is 0 Å². The summed E-state index contributed by atoms with van der Waals surface area (Å²) in [6, 6.07) is 9.45. The highest BCUT2D eigenvalue weighted by molar-refractivity contribution is 5.99. The molecule has 2 N–H and O–H groups in total. The summed E-state index contributed by atoms with van der Waals surface area (Å²) in [6.07, 6.45) is 0. The van der Waals surface area contributed by atoms with Crippen molar-refractivity contribution in [1.82, 2.24) is 24.6 Å². The zero-order valence-electron chi connectivity index (χ0n) is 18.8. The molecule has 0 bridgehead atoms. The van der Waals surface area contributed by atoms with Crippen molar-refractivity contribution in [3.63, 3.8) is 0 Å². The number of nitrogens with two attached hydrogens (primary N) is 1. The Balaban J connectivity index is 1.68. The fraction of sp³-hybridized carbons (Fsp3) is 0.292. The SMILES string of the molecule is CC(C)N1CCN(c2nc(-c3cccc(F)c3)c3c(N)n(-c4cc(F)ccc4F)nc3n2)CC1. The third-order valence-corrected chi connectivity index (χ3v) is 6.12. The Hall–Kier alpha value is -3.66. The van der Waals surface area contributed by atoms with Gasteiger partial charge in [0.25, 0.3) is 0 Å². The van der Waals surface area contributed by atoms with Crippen molar-refractivity contribution >= 4 is 22.8 Å². The normalized spacial score (nSPS) is 14.9. The van der Waals surface area contributed by atoms with Gasteiger partial charge in [-0.1, -0.05) is 12.1 Å². The summed E-state index contributed by atoms with van der Waals surface area (Å²) in [7, 11) is 0. The predicted octanol–water partition coefficient (Wildman–Crippen LogP) is 4.01. The van der Waals surface area contributed by atoms with E-state index in [2.05, 4.69) is 28.8 Å². The lowest BCUT2D eigenvalue weighted by Crippen LogP contribution is -2.49. The molecule has 1 fully saturated rings. The van der Waals surface area contributed by atoms with Gasteiger partial charge in [0.1, 0.15) is 29.0 Å². The summed E-state index contributed by atoms with van der Waals surface area (Å²) in [5, 5.41) is 4.74. The standard InChI is InChI=1S/C24H24F3N7/c1-14(2)32-8-10-33(11-9-32)24-29-21(15-4-3-5-16(25)12-15)20-22(28)34(31-23(20)30-24)19-13-17(26)6-7-18(19)27/h3-7,12-14H,8-11,28H2,1-2H3. The molecule has 0 aliphatic carbocycles. The molecule has 0 unspecified atom stereocenters. The molecule has 0 amide bonds. The first-order valence-electron chi connectivity index (χ1n) is 11.1. The minimum Gasteiger partial charge on any atom is -0.383 e. The van der Waals surface area contributed by atoms with E-state index in [0.29, 0.717) is 41.7 Å². The van der Waals surface area contributed by atoms with Crippen LogP contribution in [0.5, 0.6) is 0 Å². The molecule has 0 saturated carbocycles. The van der Waals surface area contributed by atoms with Gasteiger partial charge >= 0.3 is 0 Å². The number of fused-ring (bicyclic) bond motifs is 1. The lowest BCUT2D eigenvalue weighted by molar-refractivity contribution is 0.208. The number of benzene rings is 2. The van der Waals surface area contributed by atoms with Crippen LogP contribution in [0.2, 0.25) is 0 Å². The monoisotopic (exact) mass is 467 g/mol. The third-order valence-electron chi connectivity index (χ3n) is 6.12. The van der Waals surface area contributed by atoms with Crippen LogP contribution in [0.4, 0.5) is 24.9 Å². The largest absolute Gasteiger partial charge is 0.383 e. The van der Waals surface area contributed by atoms with E-state index in [1.54, 1.807) is 12.1 Å². The Morgan fingerprint density at radius 3 is 2.35 bits per heavy atom. The molecule has 7 nitrogen and oxygen atoms in total. The zero-order valence-corrected chi connectivity index (χ0v) is 18.8. The molecule has 34 heavy (non-hydrogen) atoms. The topological polar surface area (TPSA) is 76.1 Å². The molecule has 1 saturated heterocycles. The van der Waals surface area contributed by atoms with Crippen molar-refractivity contribution in [3.05, 3.63) is 59.9 Å². The summed E-state index contributed by atoms with van der Waals surface area (Å²) in [4.78, 5) is 13.8. The average molecular weight is 467 g/mol. The van der Waals surface area contributed by atoms with Crippen LogP contribution in [0.15, 0.2) is 42.5 Å². The van der Waals surface area contributed by atoms with Gasteiger partial charge in [-0.2, -0.15) is 4.98 Å². The van der Waals surface area contributed by atoms with E-state index in [1.165, 1.54) is 12.1 Å². The molecule has 2 aromatic heterocycles. The van der Waals surface area contributed by atoms with E-state index in [4.69, 9.17) is 10.7 Å².